The topological polar surface area (TPSA) is 38.9 Å². The molecule has 2 heterocycles. The summed E-state index contributed by atoms with van der Waals surface area (Å²) in [4.78, 5) is 6.90. The maximum Gasteiger partial charge on any atom is 0.198 e. The SMILES string of the molecule is CN(Cc1nc2ccccc2s1)Cn1nc(C2CC2)n(C)c1=S. The fourth-order valence-corrected chi connectivity index (χ4v) is 4.03. The average Bonchev–Trinajstić information content (AvgIpc) is 3.23. The number of benzene rings is 1. The Labute approximate surface area is 144 Å². The van der Waals surface area contributed by atoms with Gasteiger partial charge in [-0.1, -0.05) is 12.1 Å². The van der Waals surface area contributed by atoms with Crippen molar-refractivity contribution in [3.63, 3.8) is 0 Å². The molecule has 0 radical (unpaired) electrons. The summed E-state index contributed by atoms with van der Waals surface area (Å²) in [5.74, 6) is 1.74. The van der Waals surface area contributed by atoms with E-state index < -0.39 is 0 Å². The monoisotopic (exact) mass is 345 g/mol. The molecular formula is C16H19N5S2. The van der Waals surface area contributed by atoms with E-state index in [0.717, 1.165) is 27.7 Å². The third-order valence-electron chi connectivity index (χ3n) is 4.14. The van der Waals surface area contributed by atoms with Crippen molar-refractivity contribution in [1.82, 2.24) is 24.2 Å². The minimum absolute atomic E-state index is 0.609. The van der Waals surface area contributed by atoms with E-state index >= 15 is 0 Å². The lowest BCUT2D eigenvalue weighted by Crippen LogP contribution is -2.22. The standard InChI is InChI=1S/C16H19N5S2/c1-19(9-14-17-12-5-3-4-6-13(12)23-14)10-21-16(22)20(2)15(18-21)11-7-8-11/h3-6,11H,7-10H2,1-2H3. The molecule has 1 saturated carbocycles. The van der Waals surface area contributed by atoms with Crippen molar-refractivity contribution in [3.05, 3.63) is 39.9 Å². The Kier molecular flexibility index (Phi) is 3.79. The molecule has 0 atom stereocenters. The van der Waals surface area contributed by atoms with E-state index in [2.05, 4.69) is 34.7 Å². The fourth-order valence-electron chi connectivity index (χ4n) is 2.79. The van der Waals surface area contributed by atoms with Crippen LogP contribution in [0.1, 0.15) is 29.6 Å². The van der Waals surface area contributed by atoms with Gasteiger partial charge in [-0.05, 0) is 44.2 Å². The molecule has 0 bridgehead atoms. The highest BCUT2D eigenvalue weighted by atomic mass is 32.1. The molecular weight excluding hydrogens is 326 g/mol. The van der Waals surface area contributed by atoms with E-state index in [9.17, 15) is 0 Å². The second-order valence-corrected chi connectivity index (χ2v) is 7.68. The molecule has 1 fully saturated rings. The van der Waals surface area contributed by atoms with Crippen LogP contribution in [0.15, 0.2) is 24.3 Å². The molecule has 0 unspecified atom stereocenters. The Morgan fingerprint density at radius 2 is 2.13 bits per heavy atom. The minimum atomic E-state index is 0.609. The molecule has 4 rings (SSSR count). The van der Waals surface area contributed by atoms with Gasteiger partial charge in [0.05, 0.1) is 23.4 Å². The van der Waals surface area contributed by atoms with E-state index in [4.69, 9.17) is 22.3 Å². The molecule has 0 spiro atoms. The number of aromatic nitrogens is 4. The van der Waals surface area contributed by atoms with Gasteiger partial charge in [0.1, 0.15) is 10.8 Å². The summed E-state index contributed by atoms with van der Waals surface area (Å²) >= 11 is 7.27. The van der Waals surface area contributed by atoms with Crippen LogP contribution in [0.3, 0.4) is 0 Å². The molecule has 0 amide bonds. The summed E-state index contributed by atoms with van der Waals surface area (Å²) in [5.41, 5.74) is 1.08. The Hall–Kier alpha value is -1.57. The summed E-state index contributed by atoms with van der Waals surface area (Å²) in [6.45, 7) is 1.49. The molecule has 3 aromatic rings. The van der Waals surface area contributed by atoms with Gasteiger partial charge in [-0.2, -0.15) is 5.10 Å². The molecule has 5 nitrogen and oxygen atoms in total. The van der Waals surface area contributed by atoms with Crippen LogP contribution in [-0.4, -0.2) is 31.3 Å². The Balaban J connectivity index is 1.50. The molecule has 0 saturated heterocycles. The van der Waals surface area contributed by atoms with E-state index in [1.165, 1.54) is 17.5 Å². The first kappa shape index (κ1) is 15.0. The number of nitrogens with zero attached hydrogens (tertiary/aromatic N) is 5. The highest BCUT2D eigenvalue weighted by Crippen LogP contribution is 2.38. The van der Waals surface area contributed by atoms with Crippen LogP contribution in [0.5, 0.6) is 0 Å². The lowest BCUT2D eigenvalue weighted by molar-refractivity contribution is 0.243. The van der Waals surface area contributed by atoms with Gasteiger partial charge in [0.25, 0.3) is 0 Å². The van der Waals surface area contributed by atoms with E-state index in [1.54, 1.807) is 11.3 Å². The maximum absolute atomic E-state index is 5.52. The van der Waals surface area contributed by atoms with Gasteiger partial charge in [-0.25, -0.2) is 9.67 Å². The van der Waals surface area contributed by atoms with Gasteiger partial charge in [0.2, 0.25) is 0 Å². The van der Waals surface area contributed by atoms with Crippen LogP contribution in [0.2, 0.25) is 0 Å². The Morgan fingerprint density at radius 3 is 2.87 bits per heavy atom. The van der Waals surface area contributed by atoms with Crippen molar-refractivity contribution in [2.45, 2.75) is 32.0 Å². The number of hydrogen-bond donors (Lipinski definition) is 0. The van der Waals surface area contributed by atoms with Crippen molar-refractivity contribution in [1.29, 1.82) is 0 Å². The van der Waals surface area contributed by atoms with E-state index in [1.807, 2.05) is 17.8 Å². The molecule has 23 heavy (non-hydrogen) atoms. The summed E-state index contributed by atoms with van der Waals surface area (Å²) < 4.78 is 6.01. The third-order valence-corrected chi connectivity index (χ3v) is 5.64. The predicted molar refractivity (Wildman–Crippen MR) is 95.1 cm³/mol. The maximum atomic E-state index is 5.52. The zero-order valence-corrected chi connectivity index (χ0v) is 14.9. The molecule has 0 N–H and O–H groups in total. The molecule has 2 aromatic heterocycles. The number of hydrogen-bond acceptors (Lipinski definition) is 5. The van der Waals surface area contributed by atoms with Gasteiger partial charge < -0.3 is 4.57 Å². The van der Waals surface area contributed by atoms with Crippen molar-refractivity contribution < 1.29 is 0 Å². The van der Waals surface area contributed by atoms with E-state index in [0.29, 0.717) is 12.6 Å². The van der Waals surface area contributed by atoms with Gasteiger partial charge in [-0.15, -0.1) is 11.3 Å². The predicted octanol–water partition coefficient (Wildman–Crippen LogP) is 3.53. The van der Waals surface area contributed by atoms with Crippen LogP contribution in [0.25, 0.3) is 10.2 Å². The fraction of sp³-hybridized carbons (Fsp3) is 0.438. The first-order valence-electron chi connectivity index (χ1n) is 7.78. The van der Waals surface area contributed by atoms with Crippen molar-refractivity contribution in [2.24, 2.45) is 7.05 Å². The molecule has 120 valence electrons. The highest BCUT2D eigenvalue weighted by Gasteiger charge is 2.29. The van der Waals surface area contributed by atoms with Gasteiger partial charge in [0.15, 0.2) is 4.77 Å². The van der Waals surface area contributed by atoms with Crippen molar-refractivity contribution >= 4 is 33.8 Å². The number of fused-ring (bicyclic) bond motifs is 1. The summed E-state index contributed by atoms with van der Waals surface area (Å²) in [6.07, 6.45) is 2.47. The van der Waals surface area contributed by atoms with Crippen molar-refractivity contribution in [2.75, 3.05) is 7.05 Å². The normalized spacial score (nSPS) is 14.9. The zero-order valence-electron chi connectivity index (χ0n) is 13.3. The lowest BCUT2D eigenvalue weighted by atomic mass is 10.3. The molecule has 1 aromatic carbocycles. The van der Waals surface area contributed by atoms with E-state index in [-0.39, 0.29) is 0 Å². The molecule has 7 heteroatoms. The van der Waals surface area contributed by atoms with Gasteiger partial charge >= 0.3 is 0 Å². The zero-order chi connectivity index (χ0) is 16.0. The van der Waals surface area contributed by atoms with Crippen molar-refractivity contribution in [3.8, 4) is 0 Å². The smallest absolute Gasteiger partial charge is 0.198 e. The second-order valence-electron chi connectivity index (χ2n) is 6.20. The summed E-state index contributed by atoms with van der Waals surface area (Å²) in [5, 5.41) is 5.84. The van der Waals surface area contributed by atoms with Gasteiger partial charge in [0, 0.05) is 13.0 Å². The molecule has 1 aliphatic carbocycles. The number of para-hydroxylation sites is 1. The lowest BCUT2D eigenvalue weighted by Gasteiger charge is -2.14. The first-order chi connectivity index (χ1) is 11.1. The first-order valence-corrected chi connectivity index (χ1v) is 9.01. The largest absolute Gasteiger partial charge is 0.307 e. The Morgan fingerprint density at radius 1 is 1.35 bits per heavy atom. The second kappa shape index (κ2) is 5.81. The minimum Gasteiger partial charge on any atom is -0.307 e. The number of rotatable bonds is 5. The summed E-state index contributed by atoms with van der Waals surface area (Å²) in [6, 6.07) is 8.27. The van der Waals surface area contributed by atoms with Crippen LogP contribution < -0.4 is 0 Å². The van der Waals surface area contributed by atoms with Crippen LogP contribution in [0, 0.1) is 4.77 Å². The number of thiazole rings is 1. The quantitative estimate of drug-likeness (QED) is 0.663. The average molecular weight is 345 g/mol. The van der Waals surface area contributed by atoms with Crippen LogP contribution >= 0.6 is 23.6 Å². The van der Waals surface area contributed by atoms with Gasteiger partial charge in [-0.3, -0.25) is 4.90 Å². The van der Waals surface area contributed by atoms with Crippen LogP contribution in [-0.2, 0) is 20.3 Å². The van der Waals surface area contributed by atoms with Crippen LogP contribution in [0.4, 0.5) is 0 Å². The molecule has 1 aliphatic rings. The summed E-state index contributed by atoms with van der Waals surface area (Å²) in [7, 11) is 4.10. The molecule has 0 aliphatic heterocycles. The third kappa shape index (κ3) is 2.96. The highest BCUT2D eigenvalue weighted by molar-refractivity contribution is 7.71. The Bertz CT molecular complexity index is 870.